The van der Waals surface area contributed by atoms with Crippen LogP contribution in [0.1, 0.15) is 51.5 Å². The van der Waals surface area contributed by atoms with E-state index in [4.69, 9.17) is 16.6 Å². The number of primary amides is 1. The number of fused-ring (bicyclic) bond motifs is 1. The van der Waals surface area contributed by atoms with Crippen LogP contribution in [0.3, 0.4) is 0 Å². The molecule has 2 aromatic carbocycles. The molecule has 5 N–H and O–H groups in total. The molecule has 0 bridgehead atoms. The monoisotopic (exact) mass is 429 g/mol. The van der Waals surface area contributed by atoms with Crippen LogP contribution in [0.25, 0.3) is 0 Å². The first kappa shape index (κ1) is 21.4. The first-order valence-electron chi connectivity index (χ1n) is 10.7. The molecule has 1 atom stereocenters. The topological polar surface area (TPSA) is 116 Å². The summed E-state index contributed by atoms with van der Waals surface area (Å²) in [5.74, 6) is -0.577. The molecule has 0 saturated heterocycles. The predicted octanol–water partition coefficient (Wildman–Crippen LogP) is 3.40. The summed E-state index contributed by atoms with van der Waals surface area (Å²) in [6, 6.07) is 15.8. The van der Waals surface area contributed by atoms with Crippen molar-refractivity contribution in [3.8, 4) is 0 Å². The Hall–Kier alpha value is -3.87. The van der Waals surface area contributed by atoms with Crippen molar-refractivity contribution >= 4 is 23.3 Å². The molecule has 4 rings (SSSR count). The lowest BCUT2D eigenvalue weighted by Gasteiger charge is -2.14. The van der Waals surface area contributed by atoms with Crippen molar-refractivity contribution in [1.29, 1.82) is 0 Å². The summed E-state index contributed by atoms with van der Waals surface area (Å²) in [6.07, 6.45) is 4.91. The summed E-state index contributed by atoms with van der Waals surface area (Å²) in [4.78, 5) is 24.2. The molecule has 1 heterocycles. The Balaban J connectivity index is 1.70. The third-order valence-electron chi connectivity index (χ3n) is 6.02. The second-order valence-corrected chi connectivity index (χ2v) is 8.08. The molecule has 1 aliphatic carbocycles. The van der Waals surface area contributed by atoms with E-state index >= 15 is 0 Å². The first-order chi connectivity index (χ1) is 15.5. The third kappa shape index (κ3) is 4.27. The van der Waals surface area contributed by atoms with Gasteiger partial charge in [0.05, 0.1) is 12.2 Å². The van der Waals surface area contributed by atoms with Crippen LogP contribution in [-0.4, -0.2) is 21.6 Å². The minimum Gasteiger partial charge on any atom is -0.383 e. The van der Waals surface area contributed by atoms with Crippen LogP contribution in [0.15, 0.2) is 61.2 Å². The molecule has 1 unspecified atom stereocenters. The normalized spacial score (nSPS) is 15.4. The summed E-state index contributed by atoms with van der Waals surface area (Å²) in [5.41, 5.74) is 17.1. The van der Waals surface area contributed by atoms with Crippen LogP contribution in [0.2, 0.25) is 0 Å². The molecule has 0 fully saturated rings. The van der Waals surface area contributed by atoms with E-state index in [1.54, 1.807) is 10.7 Å². The number of hydrogen-bond acceptors (Lipinski definition) is 4. The van der Waals surface area contributed by atoms with Gasteiger partial charge in [-0.1, -0.05) is 49.0 Å². The zero-order valence-corrected chi connectivity index (χ0v) is 17.9. The lowest BCUT2D eigenvalue weighted by atomic mass is 9.91. The number of nitrogens with zero attached hydrogens (tertiary/aromatic N) is 2. The van der Waals surface area contributed by atoms with Crippen molar-refractivity contribution in [3.63, 3.8) is 0 Å². The van der Waals surface area contributed by atoms with Crippen molar-refractivity contribution < 1.29 is 9.59 Å². The van der Waals surface area contributed by atoms with Crippen molar-refractivity contribution in [1.82, 2.24) is 9.78 Å². The van der Waals surface area contributed by atoms with Gasteiger partial charge in [-0.2, -0.15) is 5.10 Å². The average Bonchev–Trinajstić information content (AvgIpc) is 2.96. The largest absolute Gasteiger partial charge is 0.383 e. The molecule has 0 spiro atoms. The van der Waals surface area contributed by atoms with Crippen LogP contribution >= 0.6 is 0 Å². The number of aryl methyl sites for hydroxylation is 1. The fourth-order valence-electron chi connectivity index (χ4n) is 4.42. The Labute approximate surface area is 187 Å². The van der Waals surface area contributed by atoms with Gasteiger partial charge >= 0.3 is 0 Å². The number of aromatic nitrogens is 2. The van der Waals surface area contributed by atoms with Crippen LogP contribution in [-0.2, 0) is 24.2 Å². The number of rotatable bonds is 6. The Kier molecular flexibility index (Phi) is 6.07. The zero-order valence-electron chi connectivity index (χ0n) is 17.9. The van der Waals surface area contributed by atoms with E-state index in [1.807, 2.05) is 24.3 Å². The molecule has 2 amide bonds. The maximum atomic E-state index is 12.4. The predicted molar refractivity (Wildman–Crippen MR) is 125 cm³/mol. The lowest BCUT2D eigenvalue weighted by Crippen LogP contribution is -2.17. The van der Waals surface area contributed by atoms with Crippen LogP contribution < -0.4 is 16.8 Å². The van der Waals surface area contributed by atoms with E-state index < -0.39 is 5.91 Å². The molecule has 7 nitrogen and oxygen atoms in total. The number of carbonyl (C=O) groups is 2. The van der Waals surface area contributed by atoms with E-state index in [9.17, 15) is 9.59 Å². The van der Waals surface area contributed by atoms with Crippen LogP contribution in [0.5, 0.6) is 0 Å². The fourth-order valence-corrected chi connectivity index (χ4v) is 4.42. The van der Waals surface area contributed by atoms with E-state index in [0.29, 0.717) is 23.5 Å². The second kappa shape index (κ2) is 9.09. The van der Waals surface area contributed by atoms with Gasteiger partial charge in [0.2, 0.25) is 5.91 Å². The van der Waals surface area contributed by atoms with E-state index in [1.165, 1.54) is 17.2 Å². The highest BCUT2D eigenvalue weighted by molar-refractivity contribution is 6.00. The Bertz CT molecular complexity index is 1180. The number of nitrogens with two attached hydrogens (primary N) is 2. The van der Waals surface area contributed by atoms with Crippen LogP contribution in [0.4, 0.5) is 11.5 Å². The maximum Gasteiger partial charge on any atom is 0.254 e. The minimum atomic E-state index is -0.575. The number of nitrogens with one attached hydrogen (secondary N) is 1. The minimum absolute atomic E-state index is 0.0559. The number of carbonyl (C=O) groups excluding carboxylic acids is 2. The third-order valence-corrected chi connectivity index (χ3v) is 6.02. The fraction of sp³-hybridized carbons (Fsp3) is 0.240. The molecule has 7 heteroatoms. The summed E-state index contributed by atoms with van der Waals surface area (Å²) < 4.78 is 1.60. The summed E-state index contributed by atoms with van der Waals surface area (Å²) in [6.45, 7) is 3.79. The van der Waals surface area contributed by atoms with Gasteiger partial charge in [-0.25, -0.2) is 4.68 Å². The summed E-state index contributed by atoms with van der Waals surface area (Å²) >= 11 is 0. The Morgan fingerprint density at radius 2 is 1.88 bits per heavy atom. The van der Waals surface area contributed by atoms with Gasteiger partial charge < -0.3 is 16.8 Å². The lowest BCUT2D eigenvalue weighted by molar-refractivity contribution is -0.111. The molecule has 164 valence electrons. The van der Waals surface area contributed by atoms with Crippen molar-refractivity contribution in [2.24, 2.45) is 5.73 Å². The molecular weight excluding hydrogens is 402 g/mol. The number of nitrogen functional groups attached to an aromatic ring is 1. The number of amides is 2. The second-order valence-electron chi connectivity index (χ2n) is 8.08. The van der Waals surface area contributed by atoms with Crippen LogP contribution in [0, 0.1) is 0 Å². The number of anilines is 2. The molecule has 1 aromatic heterocycles. The van der Waals surface area contributed by atoms with Gasteiger partial charge in [-0.15, -0.1) is 0 Å². The van der Waals surface area contributed by atoms with Gasteiger partial charge in [0.25, 0.3) is 5.91 Å². The molecule has 1 aliphatic rings. The molecule has 0 saturated carbocycles. The molecular formula is C25H27N5O2. The zero-order chi connectivity index (χ0) is 22.7. The van der Waals surface area contributed by atoms with Crippen molar-refractivity contribution in [2.75, 3.05) is 11.1 Å². The smallest absolute Gasteiger partial charge is 0.254 e. The number of benzene rings is 2. The van der Waals surface area contributed by atoms with E-state index in [-0.39, 0.29) is 17.6 Å². The van der Waals surface area contributed by atoms with Gasteiger partial charge in [-0.3, -0.25) is 9.59 Å². The highest BCUT2D eigenvalue weighted by Crippen LogP contribution is 2.35. The van der Waals surface area contributed by atoms with Crippen molar-refractivity contribution in [3.05, 3.63) is 89.1 Å². The molecule has 3 aromatic rings. The maximum absolute atomic E-state index is 12.4. The average molecular weight is 430 g/mol. The van der Waals surface area contributed by atoms with E-state index in [0.717, 1.165) is 31.2 Å². The van der Waals surface area contributed by atoms with Gasteiger partial charge in [0, 0.05) is 11.6 Å². The highest BCUT2D eigenvalue weighted by atomic mass is 16.1. The van der Waals surface area contributed by atoms with E-state index in [2.05, 4.69) is 30.1 Å². The molecule has 0 aliphatic heterocycles. The molecule has 32 heavy (non-hydrogen) atoms. The Morgan fingerprint density at radius 1 is 1.16 bits per heavy atom. The highest BCUT2D eigenvalue weighted by Gasteiger charge is 2.28. The summed E-state index contributed by atoms with van der Waals surface area (Å²) in [5, 5.41) is 7.56. The van der Waals surface area contributed by atoms with Gasteiger partial charge in [-0.05, 0) is 54.5 Å². The standard InChI is InChI=1S/C25H27N5O2/c1-2-21(31)28-20-13-6-5-10-19(20)15-30-24(26)22(25(27)32)23(29-30)18-12-7-11-16-8-3-4-9-17(16)14-18/h2-6,8-10,13,18H,1,7,11-12,14-15,26H2,(H2,27,32)(H,28,31). The summed E-state index contributed by atoms with van der Waals surface area (Å²) in [7, 11) is 0. The number of hydrogen-bond donors (Lipinski definition) is 3. The van der Waals surface area contributed by atoms with Gasteiger partial charge in [0.1, 0.15) is 11.4 Å². The van der Waals surface area contributed by atoms with Crippen molar-refractivity contribution in [2.45, 2.75) is 38.1 Å². The molecule has 0 radical (unpaired) electrons. The quantitative estimate of drug-likeness (QED) is 0.411. The SMILES string of the molecule is C=CC(=O)Nc1ccccc1Cn1nc(C2CCCc3ccccc3C2)c(C(N)=O)c1N. The Morgan fingerprint density at radius 3 is 2.62 bits per heavy atom. The number of para-hydroxylation sites is 1. The first-order valence-corrected chi connectivity index (χ1v) is 10.7. The van der Waals surface area contributed by atoms with Gasteiger partial charge in [0.15, 0.2) is 0 Å².